The molecule has 1 unspecified atom stereocenters. The number of benzene rings is 1. The van der Waals surface area contributed by atoms with Gasteiger partial charge in [-0.25, -0.2) is 4.39 Å². The number of halogens is 2. The molecule has 1 aromatic rings. The fourth-order valence-corrected chi connectivity index (χ4v) is 1.90. The SMILES string of the molecule is CCCCC(N)C(=O)Cc1ccc(Br)cc1F. The molecule has 1 atom stereocenters. The molecular weight excluding hydrogens is 285 g/mol. The van der Waals surface area contributed by atoms with E-state index in [0.29, 0.717) is 16.5 Å². The molecule has 0 spiro atoms. The molecule has 2 nitrogen and oxygen atoms in total. The monoisotopic (exact) mass is 301 g/mol. The van der Waals surface area contributed by atoms with E-state index in [2.05, 4.69) is 15.9 Å². The van der Waals surface area contributed by atoms with Crippen molar-refractivity contribution in [3.8, 4) is 0 Å². The average Bonchev–Trinajstić information content (AvgIpc) is 2.29. The molecule has 1 rings (SSSR count). The normalized spacial score (nSPS) is 12.5. The lowest BCUT2D eigenvalue weighted by Gasteiger charge is -2.10. The molecule has 0 fully saturated rings. The van der Waals surface area contributed by atoms with Crippen molar-refractivity contribution < 1.29 is 9.18 Å². The third kappa shape index (κ3) is 4.56. The van der Waals surface area contributed by atoms with Crippen molar-refractivity contribution in [2.75, 3.05) is 0 Å². The van der Waals surface area contributed by atoms with Crippen molar-refractivity contribution in [1.29, 1.82) is 0 Å². The Morgan fingerprint density at radius 3 is 2.82 bits per heavy atom. The van der Waals surface area contributed by atoms with Crippen LogP contribution in [-0.4, -0.2) is 11.8 Å². The van der Waals surface area contributed by atoms with Crippen molar-refractivity contribution in [3.63, 3.8) is 0 Å². The van der Waals surface area contributed by atoms with E-state index in [-0.39, 0.29) is 18.0 Å². The minimum atomic E-state index is -0.474. The van der Waals surface area contributed by atoms with Crippen molar-refractivity contribution in [2.24, 2.45) is 5.73 Å². The molecule has 1 aromatic carbocycles. The molecule has 0 amide bonds. The summed E-state index contributed by atoms with van der Waals surface area (Å²) < 4.78 is 14.2. The van der Waals surface area contributed by atoms with Crippen LogP contribution in [0, 0.1) is 5.82 Å². The first-order valence-electron chi connectivity index (χ1n) is 5.76. The summed E-state index contributed by atoms with van der Waals surface area (Å²) in [5.74, 6) is -0.463. The molecule has 94 valence electrons. The van der Waals surface area contributed by atoms with E-state index >= 15 is 0 Å². The van der Waals surface area contributed by atoms with Crippen LogP contribution in [0.15, 0.2) is 22.7 Å². The summed E-state index contributed by atoms with van der Waals surface area (Å²) in [7, 11) is 0. The Labute approximate surface area is 110 Å². The highest BCUT2D eigenvalue weighted by Gasteiger charge is 2.15. The van der Waals surface area contributed by atoms with Gasteiger partial charge in [-0.1, -0.05) is 41.8 Å². The minimum Gasteiger partial charge on any atom is -0.321 e. The van der Waals surface area contributed by atoms with E-state index < -0.39 is 6.04 Å². The Hall–Kier alpha value is -0.740. The third-order valence-corrected chi connectivity index (χ3v) is 3.16. The number of hydrogen-bond acceptors (Lipinski definition) is 2. The Morgan fingerprint density at radius 1 is 1.53 bits per heavy atom. The van der Waals surface area contributed by atoms with Gasteiger partial charge in [-0.3, -0.25) is 4.79 Å². The Bertz CT molecular complexity index is 395. The quantitative estimate of drug-likeness (QED) is 0.877. The van der Waals surface area contributed by atoms with Gasteiger partial charge in [0.05, 0.1) is 6.04 Å². The second-order valence-electron chi connectivity index (χ2n) is 4.13. The lowest BCUT2D eigenvalue weighted by atomic mass is 10.00. The molecule has 0 heterocycles. The van der Waals surface area contributed by atoms with Gasteiger partial charge >= 0.3 is 0 Å². The highest BCUT2D eigenvalue weighted by Crippen LogP contribution is 2.16. The number of nitrogens with two attached hydrogens (primary N) is 1. The fourth-order valence-electron chi connectivity index (χ4n) is 1.57. The van der Waals surface area contributed by atoms with Crippen LogP contribution >= 0.6 is 15.9 Å². The van der Waals surface area contributed by atoms with Crippen LogP contribution in [0.4, 0.5) is 4.39 Å². The van der Waals surface area contributed by atoms with E-state index in [1.807, 2.05) is 6.92 Å². The van der Waals surface area contributed by atoms with Crippen molar-refractivity contribution in [2.45, 2.75) is 38.6 Å². The summed E-state index contributed by atoms with van der Waals surface area (Å²) in [6.45, 7) is 2.05. The largest absolute Gasteiger partial charge is 0.321 e. The minimum absolute atomic E-state index is 0.0734. The van der Waals surface area contributed by atoms with Crippen molar-refractivity contribution in [1.82, 2.24) is 0 Å². The maximum Gasteiger partial charge on any atom is 0.153 e. The number of carbonyl (C=O) groups excluding carboxylic acids is 1. The van der Waals surface area contributed by atoms with Crippen molar-refractivity contribution >= 4 is 21.7 Å². The standard InChI is InChI=1S/C13H17BrFNO/c1-2-3-4-12(16)13(17)7-9-5-6-10(14)8-11(9)15/h5-6,8,12H,2-4,7,16H2,1H3. The molecule has 0 aliphatic rings. The van der Waals surface area contributed by atoms with Gasteiger partial charge in [-0.15, -0.1) is 0 Å². The molecule has 0 aromatic heterocycles. The zero-order valence-electron chi connectivity index (χ0n) is 9.88. The lowest BCUT2D eigenvalue weighted by Crippen LogP contribution is -2.31. The average molecular weight is 302 g/mol. The van der Waals surface area contributed by atoms with Crippen LogP contribution in [0.5, 0.6) is 0 Å². The molecule has 0 radical (unpaired) electrons. The molecule has 0 aliphatic heterocycles. The van der Waals surface area contributed by atoms with Gasteiger partial charge in [0.25, 0.3) is 0 Å². The van der Waals surface area contributed by atoms with Gasteiger partial charge in [0.15, 0.2) is 5.78 Å². The summed E-state index contributed by atoms with van der Waals surface area (Å²) in [5, 5.41) is 0. The summed E-state index contributed by atoms with van der Waals surface area (Å²) in [5.41, 5.74) is 6.16. The highest BCUT2D eigenvalue weighted by atomic mass is 79.9. The summed E-state index contributed by atoms with van der Waals surface area (Å²) >= 11 is 3.18. The number of Topliss-reactive ketones (excluding diaryl/α,β-unsaturated/α-hetero) is 1. The molecule has 17 heavy (non-hydrogen) atoms. The van der Waals surface area contributed by atoms with E-state index in [1.54, 1.807) is 12.1 Å². The molecule has 0 bridgehead atoms. The Morgan fingerprint density at radius 2 is 2.24 bits per heavy atom. The first kappa shape index (κ1) is 14.3. The maximum atomic E-state index is 13.5. The zero-order chi connectivity index (χ0) is 12.8. The molecule has 2 N–H and O–H groups in total. The van der Waals surface area contributed by atoms with Gasteiger partial charge in [0, 0.05) is 10.9 Å². The molecule has 0 saturated carbocycles. The number of ketones is 1. The van der Waals surface area contributed by atoms with Crippen LogP contribution < -0.4 is 5.73 Å². The molecule has 0 aliphatic carbocycles. The van der Waals surface area contributed by atoms with Crippen LogP contribution in [0.2, 0.25) is 0 Å². The van der Waals surface area contributed by atoms with E-state index in [0.717, 1.165) is 12.8 Å². The predicted octanol–water partition coefficient (Wildman–Crippen LogP) is 3.22. The number of rotatable bonds is 6. The molecule has 0 saturated heterocycles. The summed E-state index contributed by atoms with van der Waals surface area (Å²) in [4.78, 5) is 11.8. The highest BCUT2D eigenvalue weighted by molar-refractivity contribution is 9.10. The predicted molar refractivity (Wildman–Crippen MR) is 70.3 cm³/mol. The van der Waals surface area contributed by atoms with Crippen LogP contribution in [0.3, 0.4) is 0 Å². The Kier molecular flexibility index (Phi) is 5.78. The first-order chi connectivity index (χ1) is 8.04. The maximum absolute atomic E-state index is 13.5. The van der Waals surface area contributed by atoms with E-state index in [1.165, 1.54) is 6.07 Å². The third-order valence-electron chi connectivity index (χ3n) is 2.66. The smallest absolute Gasteiger partial charge is 0.153 e. The number of hydrogen-bond donors (Lipinski definition) is 1. The van der Waals surface area contributed by atoms with Crippen molar-refractivity contribution in [3.05, 3.63) is 34.1 Å². The van der Waals surface area contributed by atoms with Crippen LogP contribution in [0.1, 0.15) is 31.7 Å². The Balaban J connectivity index is 2.61. The lowest BCUT2D eigenvalue weighted by molar-refractivity contribution is -0.119. The second kappa shape index (κ2) is 6.87. The molecular formula is C13H17BrFNO. The van der Waals surface area contributed by atoms with Gasteiger partial charge in [-0.05, 0) is 24.1 Å². The zero-order valence-corrected chi connectivity index (χ0v) is 11.5. The van der Waals surface area contributed by atoms with Gasteiger partial charge in [0.2, 0.25) is 0 Å². The van der Waals surface area contributed by atoms with E-state index in [9.17, 15) is 9.18 Å². The van der Waals surface area contributed by atoms with Crippen LogP contribution in [-0.2, 0) is 11.2 Å². The first-order valence-corrected chi connectivity index (χ1v) is 6.56. The van der Waals surface area contributed by atoms with Gasteiger partial charge in [-0.2, -0.15) is 0 Å². The number of carbonyl (C=O) groups is 1. The second-order valence-corrected chi connectivity index (χ2v) is 5.04. The van der Waals surface area contributed by atoms with Gasteiger partial charge < -0.3 is 5.73 Å². The van der Waals surface area contributed by atoms with E-state index in [4.69, 9.17) is 5.73 Å². The van der Waals surface area contributed by atoms with Crippen LogP contribution in [0.25, 0.3) is 0 Å². The van der Waals surface area contributed by atoms with Gasteiger partial charge in [0.1, 0.15) is 5.82 Å². The fraction of sp³-hybridized carbons (Fsp3) is 0.462. The summed E-state index contributed by atoms with van der Waals surface area (Å²) in [6.07, 6.45) is 2.68. The summed E-state index contributed by atoms with van der Waals surface area (Å²) in [6, 6.07) is 4.23. The number of unbranched alkanes of at least 4 members (excludes halogenated alkanes) is 1. The topological polar surface area (TPSA) is 43.1 Å². The molecule has 4 heteroatoms.